The number of carbonyl (C=O) groups is 3. The lowest BCUT2D eigenvalue weighted by atomic mass is 9.97. The van der Waals surface area contributed by atoms with Gasteiger partial charge in [-0.2, -0.15) is 0 Å². The largest absolute Gasteiger partial charge is 0.351 e. The van der Waals surface area contributed by atoms with Crippen LogP contribution in [-0.4, -0.2) is 40.3 Å². The number of halogens is 1. The molecule has 3 amide bonds. The highest BCUT2D eigenvalue weighted by Crippen LogP contribution is 2.28. The number of rotatable bonds is 5. The van der Waals surface area contributed by atoms with E-state index in [1.807, 2.05) is 18.2 Å². The predicted molar refractivity (Wildman–Crippen MR) is 130 cm³/mol. The van der Waals surface area contributed by atoms with Crippen LogP contribution in [0.2, 0.25) is 5.02 Å². The van der Waals surface area contributed by atoms with Crippen LogP contribution in [-0.2, 0) is 16.0 Å². The number of amides is 3. The van der Waals surface area contributed by atoms with E-state index >= 15 is 0 Å². The number of hydrogen-bond acceptors (Lipinski definition) is 4. The maximum absolute atomic E-state index is 13.4. The summed E-state index contributed by atoms with van der Waals surface area (Å²) in [5.74, 6) is -1.11. The van der Waals surface area contributed by atoms with Crippen molar-refractivity contribution in [3.05, 3.63) is 89.3 Å². The van der Waals surface area contributed by atoms with Crippen LogP contribution in [0.15, 0.2) is 73.1 Å². The van der Waals surface area contributed by atoms with E-state index in [2.05, 4.69) is 20.6 Å². The van der Waals surface area contributed by atoms with Crippen molar-refractivity contribution in [2.24, 2.45) is 0 Å². The van der Waals surface area contributed by atoms with Gasteiger partial charge in [-0.25, -0.2) is 0 Å². The molecule has 9 heteroatoms. The standard InChI is InChI=1S/C25H20ClN5O3/c26-17-5-6-19-16(11-17)13-20(29-19)24(33)30-21-12-15-3-1-2-4-22(15)31(25(21)34)14-23(32)28-18-7-9-27-10-8-18/h1-11,13,21,29H,12,14H2,(H,30,33)(H,27,28,32). The molecule has 1 unspecified atom stereocenters. The Morgan fingerprint density at radius 2 is 1.88 bits per heavy atom. The van der Waals surface area contributed by atoms with E-state index in [4.69, 9.17) is 11.6 Å². The molecule has 1 aliphatic rings. The van der Waals surface area contributed by atoms with Crippen molar-refractivity contribution in [1.29, 1.82) is 0 Å². The number of H-pyrrole nitrogens is 1. The number of anilines is 2. The number of para-hydroxylation sites is 1. The summed E-state index contributed by atoms with van der Waals surface area (Å²) in [4.78, 5) is 47.4. The van der Waals surface area contributed by atoms with Gasteiger partial charge in [0.25, 0.3) is 5.91 Å². The zero-order chi connectivity index (χ0) is 23.7. The van der Waals surface area contributed by atoms with Gasteiger partial charge in [0, 0.05) is 46.1 Å². The van der Waals surface area contributed by atoms with E-state index < -0.39 is 11.9 Å². The number of aromatic amines is 1. The monoisotopic (exact) mass is 473 g/mol. The van der Waals surface area contributed by atoms with E-state index in [0.29, 0.717) is 28.5 Å². The van der Waals surface area contributed by atoms with Gasteiger partial charge in [-0.1, -0.05) is 29.8 Å². The van der Waals surface area contributed by atoms with Crippen LogP contribution in [0.4, 0.5) is 11.4 Å². The molecule has 1 aliphatic heterocycles. The molecule has 170 valence electrons. The molecule has 0 radical (unpaired) electrons. The number of carbonyl (C=O) groups excluding carboxylic acids is 3. The van der Waals surface area contributed by atoms with Crippen molar-refractivity contribution in [2.45, 2.75) is 12.5 Å². The summed E-state index contributed by atoms with van der Waals surface area (Å²) in [5, 5.41) is 6.95. The first-order valence-corrected chi connectivity index (χ1v) is 11.0. The Kier molecular flexibility index (Phi) is 5.73. The highest BCUT2D eigenvalue weighted by Gasteiger charge is 2.35. The summed E-state index contributed by atoms with van der Waals surface area (Å²) in [6.07, 6.45) is 3.47. The first-order chi connectivity index (χ1) is 16.5. The van der Waals surface area contributed by atoms with Crippen molar-refractivity contribution in [2.75, 3.05) is 16.8 Å². The van der Waals surface area contributed by atoms with Crippen molar-refractivity contribution in [1.82, 2.24) is 15.3 Å². The van der Waals surface area contributed by atoms with Crippen LogP contribution in [0.25, 0.3) is 10.9 Å². The minimum absolute atomic E-state index is 0.185. The van der Waals surface area contributed by atoms with Gasteiger partial charge in [-0.3, -0.25) is 19.4 Å². The van der Waals surface area contributed by atoms with Gasteiger partial charge in [0.2, 0.25) is 11.8 Å². The molecule has 5 rings (SSSR count). The Bertz CT molecular complexity index is 1400. The van der Waals surface area contributed by atoms with Crippen LogP contribution >= 0.6 is 11.6 Å². The topological polar surface area (TPSA) is 107 Å². The van der Waals surface area contributed by atoms with E-state index in [-0.39, 0.29) is 18.4 Å². The van der Waals surface area contributed by atoms with E-state index in [9.17, 15) is 14.4 Å². The molecule has 3 heterocycles. The van der Waals surface area contributed by atoms with Crippen molar-refractivity contribution < 1.29 is 14.4 Å². The highest BCUT2D eigenvalue weighted by atomic mass is 35.5. The molecule has 0 bridgehead atoms. The van der Waals surface area contributed by atoms with Crippen molar-refractivity contribution in [3.8, 4) is 0 Å². The van der Waals surface area contributed by atoms with Crippen molar-refractivity contribution >= 4 is 51.6 Å². The van der Waals surface area contributed by atoms with E-state index in [1.54, 1.807) is 54.9 Å². The zero-order valence-corrected chi connectivity index (χ0v) is 18.7. The summed E-state index contributed by atoms with van der Waals surface area (Å²) in [6, 6.07) is 16.9. The Labute approximate surface area is 199 Å². The fourth-order valence-electron chi connectivity index (χ4n) is 4.08. The summed E-state index contributed by atoms with van der Waals surface area (Å²) in [6.45, 7) is -0.185. The zero-order valence-electron chi connectivity index (χ0n) is 17.9. The quantitative estimate of drug-likeness (QED) is 0.412. The summed E-state index contributed by atoms with van der Waals surface area (Å²) in [5.41, 5.74) is 3.20. The number of fused-ring (bicyclic) bond motifs is 2. The molecular weight excluding hydrogens is 454 g/mol. The predicted octanol–water partition coefficient (Wildman–Crippen LogP) is 3.54. The number of pyridine rings is 1. The van der Waals surface area contributed by atoms with Crippen LogP contribution in [0.1, 0.15) is 16.1 Å². The minimum atomic E-state index is -0.814. The number of nitrogens with zero attached hydrogens (tertiary/aromatic N) is 2. The SMILES string of the molecule is O=C(CN1C(=O)C(NC(=O)c2cc3cc(Cl)ccc3[nH]2)Cc2ccccc21)Nc1ccncc1. The molecular formula is C25H20ClN5O3. The van der Waals surface area contributed by atoms with Gasteiger partial charge in [0.15, 0.2) is 0 Å². The van der Waals surface area contributed by atoms with Crippen LogP contribution in [0.5, 0.6) is 0 Å². The molecule has 2 aromatic heterocycles. The first-order valence-electron chi connectivity index (χ1n) is 10.7. The first kappa shape index (κ1) is 21.7. The van der Waals surface area contributed by atoms with Gasteiger partial charge in [-0.05, 0) is 48.0 Å². The van der Waals surface area contributed by atoms with Crippen LogP contribution in [0.3, 0.4) is 0 Å². The van der Waals surface area contributed by atoms with Gasteiger partial charge in [-0.15, -0.1) is 0 Å². The van der Waals surface area contributed by atoms with Crippen molar-refractivity contribution in [3.63, 3.8) is 0 Å². The normalized spacial score (nSPS) is 15.1. The van der Waals surface area contributed by atoms with Crippen LogP contribution in [0, 0.1) is 0 Å². The Hall–Kier alpha value is -4.17. The maximum Gasteiger partial charge on any atom is 0.268 e. The summed E-state index contributed by atoms with van der Waals surface area (Å²) in [7, 11) is 0. The van der Waals surface area contributed by atoms with Crippen LogP contribution < -0.4 is 15.5 Å². The molecule has 2 aromatic carbocycles. The lowest BCUT2D eigenvalue weighted by molar-refractivity contribution is -0.123. The van der Waals surface area contributed by atoms with Gasteiger partial charge >= 0.3 is 0 Å². The Morgan fingerprint density at radius 3 is 2.71 bits per heavy atom. The average Bonchev–Trinajstić information content (AvgIpc) is 3.26. The smallest absolute Gasteiger partial charge is 0.268 e. The molecule has 8 nitrogen and oxygen atoms in total. The highest BCUT2D eigenvalue weighted by molar-refractivity contribution is 6.31. The fraction of sp³-hybridized carbons (Fsp3) is 0.120. The molecule has 4 aromatic rings. The Morgan fingerprint density at radius 1 is 1.09 bits per heavy atom. The maximum atomic E-state index is 13.4. The van der Waals surface area contributed by atoms with Gasteiger partial charge < -0.3 is 20.5 Å². The third-order valence-corrected chi connectivity index (χ3v) is 5.90. The molecule has 0 saturated heterocycles. The lowest BCUT2D eigenvalue weighted by Crippen LogP contribution is -2.54. The Balaban J connectivity index is 1.36. The molecule has 34 heavy (non-hydrogen) atoms. The molecule has 0 saturated carbocycles. The molecule has 0 spiro atoms. The molecule has 1 atom stereocenters. The molecule has 3 N–H and O–H groups in total. The third-order valence-electron chi connectivity index (χ3n) is 5.67. The van der Waals surface area contributed by atoms with E-state index in [0.717, 1.165) is 16.5 Å². The van der Waals surface area contributed by atoms with E-state index in [1.165, 1.54) is 4.90 Å². The van der Waals surface area contributed by atoms with Gasteiger partial charge in [0.1, 0.15) is 18.3 Å². The number of hydrogen-bond donors (Lipinski definition) is 3. The molecule has 0 aliphatic carbocycles. The van der Waals surface area contributed by atoms with Gasteiger partial charge in [0.05, 0.1) is 0 Å². The average molecular weight is 474 g/mol. The number of benzene rings is 2. The summed E-state index contributed by atoms with van der Waals surface area (Å²) < 4.78 is 0. The third kappa shape index (κ3) is 4.35. The molecule has 0 fully saturated rings. The number of nitrogens with one attached hydrogen (secondary N) is 3. The number of aromatic nitrogens is 2. The summed E-state index contributed by atoms with van der Waals surface area (Å²) >= 11 is 6.04. The minimum Gasteiger partial charge on any atom is -0.351 e. The second-order valence-corrected chi connectivity index (χ2v) is 8.42. The lowest BCUT2D eigenvalue weighted by Gasteiger charge is -2.34. The fourth-order valence-corrected chi connectivity index (χ4v) is 4.26. The second kappa shape index (κ2) is 8.99. The second-order valence-electron chi connectivity index (χ2n) is 7.98.